The van der Waals surface area contributed by atoms with E-state index in [1.165, 1.54) is 18.5 Å². The minimum Gasteiger partial charge on any atom is -0.372 e. The van der Waals surface area contributed by atoms with Gasteiger partial charge in [-0.15, -0.1) is 0 Å². The zero-order valence-corrected chi connectivity index (χ0v) is 12.0. The van der Waals surface area contributed by atoms with Gasteiger partial charge in [-0.2, -0.15) is 0 Å². The number of nitrogens with one attached hydrogen (secondary N) is 1. The molecule has 19 heavy (non-hydrogen) atoms. The van der Waals surface area contributed by atoms with Gasteiger partial charge in [0.25, 0.3) is 0 Å². The number of hydrogen-bond donors (Lipinski definition) is 1. The van der Waals surface area contributed by atoms with Crippen LogP contribution in [0.4, 0.5) is 16.2 Å². The second-order valence-electron chi connectivity index (χ2n) is 5.37. The van der Waals surface area contributed by atoms with Crippen molar-refractivity contribution in [3.05, 3.63) is 24.3 Å². The Morgan fingerprint density at radius 3 is 2.32 bits per heavy atom. The van der Waals surface area contributed by atoms with Crippen LogP contribution in [0.5, 0.6) is 0 Å². The molecule has 1 aliphatic rings. The van der Waals surface area contributed by atoms with Crippen LogP contribution < -0.4 is 15.1 Å². The molecule has 104 valence electrons. The molecule has 1 aromatic carbocycles. The summed E-state index contributed by atoms with van der Waals surface area (Å²) in [4.78, 5) is 15.9. The van der Waals surface area contributed by atoms with Gasteiger partial charge < -0.3 is 10.2 Å². The first-order chi connectivity index (χ1) is 9.08. The third kappa shape index (κ3) is 3.40. The topological polar surface area (TPSA) is 35.6 Å². The van der Waals surface area contributed by atoms with E-state index in [4.69, 9.17) is 0 Å². The third-order valence-electron chi connectivity index (χ3n) is 3.43. The molecule has 2 rings (SSSR count). The standard InChI is InChI=1S/C15H23N3O/c1-12(2)16-15(19)17(3)13-6-8-14(9-7-13)18-10-4-5-11-18/h6-9,12H,4-5,10-11H2,1-3H3,(H,16,19). The maximum atomic E-state index is 11.9. The minimum absolute atomic E-state index is 0.0658. The second kappa shape index (κ2) is 5.95. The summed E-state index contributed by atoms with van der Waals surface area (Å²) in [6.07, 6.45) is 2.55. The number of benzene rings is 1. The molecule has 0 bridgehead atoms. The van der Waals surface area contributed by atoms with Gasteiger partial charge in [-0.3, -0.25) is 4.90 Å². The van der Waals surface area contributed by atoms with Crippen molar-refractivity contribution in [1.82, 2.24) is 5.32 Å². The van der Waals surface area contributed by atoms with E-state index in [0.717, 1.165) is 18.8 Å². The van der Waals surface area contributed by atoms with Crippen LogP contribution >= 0.6 is 0 Å². The smallest absolute Gasteiger partial charge is 0.321 e. The number of hydrogen-bond acceptors (Lipinski definition) is 2. The molecule has 1 aliphatic heterocycles. The predicted octanol–water partition coefficient (Wildman–Crippen LogP) is 2.84. The Morgan fingerprint density at radius 2 is 1.79 bits per heavy atom. The molecule has 1 fully saturated rings. The van der Waals surface area contributed by atoms with Crippen LogP contribution in [0.3, 0.4) is 0 Å². The van der Waals surface area contributed by atoms with Gasteiger partial charge in [-0.05, 0) is 51.0 Å². The summed E-state index contributed by atoms with van der Waals surface area (Å²) >= 11 is 0. The SMILES string of the molecule is CC(C)NC(=O)N(C)c1ccc(N2CCCC2)cc1. The highest BCUT2D eigenvalue weighted by atomic mass is 16.2. The largest absolute Gasteiger partial charge is 0.372 e. The van der Waals surface area contributed by atoms with Crippen molar-refractivity contribution in [3.63, 3.8) is 0 Å². The molecule has 0 atom stereocenters. The van der Waals surface area contributed by atoms with Gasteiger partial charge in [-0.1, -0.05) is 0 Å². The van der Waals surface area contributed by atoms with Crippen molar-refractivity contribution in [2.45, 2.75) is 32.7 Å². The monoisotopic (exact) mass is 261 g/mol. The molecule has 1 saturated heterocycles. The fraction of sp³-hybridized carbons (Fsp3) is 0.533. The maximum absolute atomic E-state index is 11.9. The van der Waals surface area contributed by atoms with E-state index in [1.807, 2.05) is 26.0 Å². The summed E-state index contributed by atoms with van der Waals surface area (Å²) in [5.41, 5.74) is 2.17. The third-order valence-corrected chi connectivity index (χ3v) is 3.43. The van der Waals surface area contributed by atoms with Crippen LogP contribution in [-0.4, -0.2) is 32.2 Å². The van der Waals surface area contributed by atoms with Gasteiger partial charge in [-0.25, -0.2) is 4.79 Å². The molecule has 0 saturated carbocycles. The first-order valence-corrected chi connectivity index (χ1v) is 6.97. The van der Waals surface area contributed by atoms with E-state index in [2.05, 4.69) is 22.3 Å². The summed E-state index contributed by atoms with van der Waals surface area (Å²) in [6, 6.07) is 8.29. The summed E-state index contributed by atoms with van der Waals surface area (Å²) in [5.74, 6) is 0. The normalized spacial score (nSPS) is 14.8. The van der Waals surface area contributed by atoms with Crippen molar-refractivity contribution >= 4 is 17.4 Å². The van der Waals surface area contributed by atoms with Crippen LogP contribution in [0, 0.1) is 0 Å². The number of urea groups is 1. The zero-order valence-electron chi connectivity index (χ0n) is 12.0. The van der Waals surface area contributed by atoms with E-state index in [9.17, 15) is 4.79 Å². The molecule has 0 aliphatic carbocycles. The number of anilines is 2. The minimum atomic E-state index is -0.0658. The van der Waals surface area contributed by atoms with Crippen LogP contribution in [0.15, 0.2) is 24.3 Å². The van der Waals surface area contributed by atoms with Crippen LogP contribution in [0.1, 0.15) is 26.7 Å². The highest BCUT2D eigenvalue weighted by molar-refractivity contribution is 5.91. The van der Waals surface area contributed by atoms with Gasteiger partial charge >= 0.3 is 6.03 Å². The second-order valence-corrected chi connectivity index (χ2v) is 5.37. The predicted molar refractivity (Wildman–Crippen MR) is 80.0 cm³/mol. The highest BCUT2D eigenvalue weighted by Gasteiger charge is 2.14. The zero-order chi connectivity index (χ0) is 13.8. The molecular formula is C15H23N3O. The molecule has 2 amide bonds. The lowest BCUT2D eigenvalue weighted by Crippen LogP contribution is -2.40. The van der Waals surface area contributed by atoms with Gasteiger partial charge in [0, 0.05) is 37.6 Å². The number of nitrogens with zero attached hydrogens (tertiary/aromatic N) is 2. The summed E-state index contributed by atoms with van der Waals surface area (Å²) < 4.78 is 0. The van der Waals surface area contributed by atoms with E-state index in [0.29, 0.717) is 0 Å². The number of carbonyl (C=O) groups excluding carboxylic acids is 1. The average molecular weight is 261 g/mol. The Hall–Kier alpha value is -1.71. The fourth-order valence-corrected chi connectivity index (χ4v) is 2.32. The summed E-state index contributed by atoms with van der Waals surface area (Å²) in [5, 5.41) is 2.89. The lowest BCUT2D eigenvalue weighted by Gasteiger charge is -2.22. The van der Waals surface area contributed by atoms with E-state index >= 15 is 0 Å². The molecule has 4 nitrogen and oxygen atoms in total. The van der Waals surface area contributed by atoms with Gasteiger partial charge in [0.05, 0.1) is 0 Å². The van der Waals surface area contributed by atoms with E-state index in [1.54, 1.807) is 11.9 Å². The lowest BCUT2D eigenvalue weighted by molar-refractivity contribution is 0.245. The number of rotatable bonds is 3. The molecular weight excluding hydrogens is 238 g/mol. The summed E-state index contributed by atoms with van der Waals surface area (Å²) in [7, 11) is 1.79. The molecule has 0 spiro atoms. The first-order valence-electron chi connectivity index (χ1n) is 6.97. The Balaban J connectivity index is 2.02. The molecule has 1 heterocycles. The molecule has 1 aromatic rings. The van der Waals surface area contributed by atoms with Crippen molar-refractivity contribution in [2.24, 2.45) is 0 Å². The molecule has 0 aromatic heterocycles. The fourth-order valence-electron chi connectivity index (χ4n) is 2.32. The molecule has 0 unspecified atom stereocenters. The summed E-state index contributed by atoms with van der Waals surface area (Å²) in [6.45, 7) is 6.20. The lowest BCUT2D eigenvalue weighted by atomic mass is 10.2. The van der Waals surface area contributed by atoms with Gasteiger partial charge in [0.15, 0.2) is 0 Å². The van der Waals surface area contributed by atoms with Crippen LogP contribution in [0.25, 0.3) is 0 Å². The van der Waals surface area contributed by atoms with E-state index in [-0.39, 0.29) is 12.1 Å². The first kappa shape index (κ1) is 13.7. The number of amides is 2. The van der Waals surface area contributed by atoms with Crippen molar-refractivity contribution in [3.8, 4) is 0 Å². The van der Waals surface area contributed by atoms with Gasteiger partial charge in [0.2, 0.25) is 0 Å². The Bertz CT molecular complexity index is 422. The van der Waals surface area contributed by atoms with Crippen LogP contribution in [0.2, 0.25) is 0 Å². The Morgan fingerprint density at radius 1 is 1.21 bits per heavy atom. The number of carbonyl (C=O) groups is 1. The van der Waals surface area contributed by atoms with Crippen molar-refractivity contribution in [1.29, 1.82) is 0 Å². The molecule has 4 heteroatoms. The maximum Gasteiger partial charge on any atom is 0.321 e. The van der Waals surface area contributed by atoms with Crippen molar-refractivity contribution < 1.29 is 4.79 Å². The molecule has 1 N–H and O–H groups in total. The Labute approximate surface area is 115 Å². The highest BCUT2D eigenvalue weighted by Crippen LogP contribution is 2.23. The molecule has 0 radical (unpaired) electrons. The average Bonchev–Trinajstić information content (AvgIpc) is 2.91. The van der Waals surface area contributed by atoms with Crippen molar-refractivity contribution in [2.75, 3.05) is 29.9 Å². The van der Waals surface area contributed by atoms with E-state index < -0.39 is 0 Å². The van der Waals surface area contributed by atoms with Gasteiger partial charge in [0.1, 0.15) is 0 Å². The Kier molecular flexibility index (Phi) is 4.30. The van der Waals surface area contributed by atoms with Crippen LogP contribution in [-0.2, 0) is 0 Å². The quantitative estimate of drug-likeness (QED) is 0.908.